The topological polar surface area (TPSA) is 47.7 Å². The molecule has 0 aliphatic rings. The standard InChI is InChI=1S/C14H24N2O2/c1-4-16(10-8-15)9-7-12-5-6-13(17-2)14(11-12)18-3/h5-6,11H,4,7-10,15H2,1-3H3. The zero-order valence-corrected chi connectivity index (χ0v) is 11.6. The Balaban J connectivity index is 2.61. The van der Waals surface area contributed by atoms with Crippen molar-refractivity contribution in [1.82, 2.24) is 4.90 Å². The maximum atomic E-state index is 5.58. The molecule has 0 radical (unpaired) electrons. The Labute approximate surface area is 110 Å². The summed E-state index contributed by atoms with van der Waals surface area (Å²) in [7, 11) is 3.31. The second kappa shape index (κ2) is 7.95. The number of rotatable bonds is 8. The Kier molecular flexibility index (Phi) is 6.54. The number of hydrogen-bond donors (Lipinski definition) is 1. The van der Waals surface area contributed by atoms with Crippen molar-refractivity contribution < 1.29 is 9.47 Å². The van der Waals surface area contributed by atoms with Crippen molar-refractivity contribution in [2.24, 2.45) is 5.73 Å². The summed E-state index contributed by atoms with van der Waals surface area (Å²) in [6, 6.07) is 6.07. The molecule has 0 saturated heterocycles. The number of nitrogens with zero attached hydrogens (tertiary/aromatic N) is 1. The maximum absolute atomic E-state index is 5.58. The fourth-order valence-electron chi connectivity index (χ4n) is 1.93. The first-order chi connectivity index (χ1) is 8.74. The van der Waals surface area contributed by atoms with Gasteiger partial charge in [0.1, 0.15) is 0 Å². The molecule has 18 heavy (non-hydrogen) atoms. The van der Waals surface area contributed by atoms with E-state index < -0.39 is 0 Å². The van der Waals surface area contributed by atoms with Gasteiger partial charge in [0.15, 0.2) is 11.5 Å². The second-order valence-corrected chi connectivity index (χ2v) is 4.16. The van der Waals surface area contributed by atoms with Crippen LogP contribution in [0.15, 0.2) is 18.2 Å². The van der Waals surface area contributed by atoms with Gasteiger partial charge in [-0.3, -0.25) is 0 Å². The lowest BCUT2D eigenvalue weighted by Gasteiger charge is -2.19. The number of methoxy groups -OCH3 is 2. The molecule has 0 aromatic heterocycles. The fraction of sp³-hybridized carbons (Fsp3) is 0.571. The zero-order chi connectivity index (χ0) is 13.4. The quantitative estimate of drug-likeness (QED) is 0.762. The smallest absolute Gasteiger partial charge is 0.160 e. The number of ether oxygens (including phenoxy) is 2. The summed E-state index contributed by atoms with van der Waals surface area (Å²) < 4.78 is 10.5. The molecule has 0 saturated carbocycles. The van der Waals surface area contributed by atoms with Gasteiger partial charge in [-0.25, -0.2) is 0 Å². The summed E-state index contributed by atoms with van der Waals surface area (Å²) >= 11 is 0. The summed E-state index contributed by atoms with van der Waals surface area (Å²) in [6.45, 7) is 5.86. The van der Waals surface area contributed by atoms with E-state index in [1.54, 1.807) is 14.2 Å². The van der Waals surface area contributed by atoms with E-state index in [9.17, 15) is 0 Å². The Bertz CT molecular complexity index is 356. The van der Waals surface area contributed by atoms with Gasteiger partial charge in [0, 0.05) is 19.6 Å². The van der Waals surface area contributed by atoms with E-state index in [2.05, 4.69) is 17.9 Å². The van der Waals surface area contributed by atoms with Crippen molar-refractivity contribution in [1.29, 1.82) is 0 Å². The van der Waals surface area contributed by atoms with Crippen LogP contribution in [0.3, 0.4) is 0 Å². The Morgan fingerprint density at radius 1 is 1.11 bits per heavy atom. The van der Waals surface area contributed by atoms with Gasteiger partial charge in [-0.1, -0.05) is 13.0 Å². The number of likely N-dealkylation sites (N-methyl/N-ethyl adjacent to an activating group) is 1. The van der Waals surface area contributed by atoms with Gasteiger partial charge in [-0.15, -0.1) is 0 Å². The van der Waals surface area contributed by atoms with Crippen molar-refractivity contribution >= 4 is 0 Å². The fourth-order valence-corrected chi connectivity index (χ4v) is 1.93. The van der Waals surface area contributed by atoms with Crippen molar-refractivity contribution in [3.8, 4) is 11.5 Å². The van der Waals surface area contributed by atoms with E-state index in [0.29, 0.717) is 6.54 Å². The van der Waals surface area contributed by atoms with Crippen LogP contribution in [0.2, 0.25) is 0 Å². The summed E-state index contributed by atoms with van der Waals surface area (Å²) in [5.74, 6) is 1.56. The number of nitrogens with two attached hydrogens (primary N) is 1. The van der Waals surface area contributed by atoms with Crippen LogP contribution in [0.4, 0.5) is 0 Å². The highest BCUT2D eigenvalue weighted by Gasteiger charge is 2.06. The predicted molar refractivity (Wildman–Crippen MR) is 74.4 cm³/mol. The Morgan fingerprint density at radius 3 is 2.39 bits per heavy atom. The predicted octanol–water partition coefficient (Wildman–Crippen LogP) is 1.53. The van der Waals surface area contributed by atoms with Gasteiger partial charge >= 0.3 is 0 Å². The molecule has 0 amide bonds. The second-order valence-electron chi connectivity index (χ2n) is 4.16. The molecule has 1 rings (SSSR count). The molecule has 0 aliphatic heterocycles. The molecule has 0 bridgehead atoms. The van der Waals surface area contributed by atoms with E-state index in [1.165, 1.54) is 5.56 Å². The van der Waals surface area contributed by atoms with Crippen molar-refractivity contribution in [3.63, 3.8) is 0 Å². The van der Waals surface area contributed by atoms with Crippen molar-refractivity contribution in [2.75, 3.05) is 40.4 Å². The SMILES string of the molecule is CCN(CCN)CCc1ccc(OC)c(OC)c1. The summed E-state index contributed by atoms with van der Waals surface area (Å²) in [5.41, 5.74) is 6.83. The minimum Gasteiger partial charge on any atom is -0.493 e. The zero-order valence-electron chi connectivity index (χ0n) is 11.6. The molecule has 4 heteroatoms. The molecule has 1 aromatic rings. The minimum atomic E-state index is 0.708. The van der Waals surface area contributed by atoms with E-state index >= 15 is 0 Å². The van der Waals surface area contributed by atoms with Gasteiger partial charge in [-0.05, 0) is 30.7 Å². The molecule has 102 valence electrons. The van der Waals surface area contributed by atoms with Crippen LogP contribution in [0.25, 0.3) is 0 Å². The van der Waals surface area contributed by atoms with Crippen LogP contribution >= 0.6 is 0 Å². The van der Waals surface area contributed by atoms with E-state index in [-0.39, 0.29) is 0 Å². The lowest BCUT2D eigenvalue weighted by molar-refractivity contribution is 0.299. The van der Waals surface area contributed by atoms with Gasteiger partial charge < -0.3 is 20.1 Å². The number of hydrogen-bond acceptors (Lipinski definition) is 4. The van der Waals surface area contributed by atoms with E-state index in [1.807, 2.05) is 12.1 Å². The number of benzene rings is 1. The Morgan fingerprint density at radius 2 is 1.83 bits per heavy atom. The van der Waals surface area contributed by atoms with Gasteiger partial charge in [-0.2, -0.15) is 0 Å². The largest absolute Gasteiger partial charge is 0.493 e. The summed E-state index contributed by atoms with van der Waals surface area (Å²) in [6.07, 6.45) is 0.994. The molecular weight excluding hydrogens is 228 g/mol. The van der Waals surface area contributed by atoms with E-state index in [4.69, 9.17) is 15.2 Å². The summed E-state index contributed by atoms with van der Waals surface area (Å²) in [4.78, 5) is 2.34. The van der Waals surface area contributed by atoms with Crippen molar-refractivity contribution in [2.45, 2.75) is 13.3 Å². The first-order valence-electron chi connectivity index (χ1n) is 6.38. The molecule has 0 aliphatic carbocycles. The molecule has 0 unspecified atom stereocenters. The molecule has 2 N–H and O–H groups in total. The Hall–Kier alpha value is -1.26. The average molecular weight is 252 g/mol. The minimum absolute atomic E-state index is 0.708. The van der Waals surface area contributed by atoms with E-state index in [0.717, 1.165) is 37.6 Å². The maximum Gasteiger partial charge on any atom is 0.160 e. The molecular formula is C14H24N2O2. The molecule has 0 heterocycles. The van der Waals surface area contributed by atoms with Gasteiger partial charge in [0.2, 0.25) is 0 Å². The lowest BCUT2D eigenvalue weighted by Crippen LogP contribution is -2.31. The highest BCUT2D eigenvalue weighted by atomic mass is 16.5. The summed E-state index contributed by atoms with van der Waals surface area (Å²) in [5, 5.41) is 0. The first-order valence-corrected chi connectivity index (χ1v) is 6.38. The first kappa shape index (κ1) is 14.8. The molecule has 1 aromatic carbocycles. The third-order valence-electron chi connectivity index (χ3n) is 3.06. The van der Waals surface area contributed by atoms with Gasteiger partial charge in [0.05, 0.1) is 14.2 Å². The third-order valence-corrected chi connectivity index (χ3v) is 3.06. The van der Waals surface area contributed by atoms with Crippen LogP contribution in [0, 0.1) is 0 Å². The third kappa shape index (κ3) is 4.20. The van der Waals surface area contributed by atoms with Crippen LogP contribution in [-0.4, -0.2) is 45.3 Å². The average Bonchev–Trinajstić information content (AvgIpc) is 2.42. The van der Waals surface area contributed by atoms with Gasteiger partial charge in [0.25, 0.3) is 0 Å². The molecule has 0 atom stereocenters. The van der Waals surface area contributed by atoms with Crippen LogP contribution in [-0.2, 0) is 6.42 Å². The molecule has 4 nitrogen and oxygen atoms in total. The molecule has 0 fully saturated rings. The van der Waals surface area contributed by atoms with Crippen LogP contribution < -0.4 is 15.2 Å². The normalized spacial score (nSPS) is 10.7. The highest BCUT2D eigenvalue weighted by molar-refractivity contribution is 5.42. The molecule has 0 spiro atoms. The van der Waals surface area contributed by atoms with Crippen LogP contribution in [0.5, 0.6) is 11.5 Å². The highest BCUT2D eigenvalue weighted by Crippen LogP contribution is 2.27. The van der Waals surface area contributed by atoms with Crippen molar-refractivity contribution in [3.05, 3.63) is 23.8 Å². The van der Waals surface area contributed by atoms with Crippen LogP contribution in [0.1, 0.15) is 12.5 Å². The lowest BCUT2D eigenvalue weighted by atomic mass is 10.1. The monoisotopic (exact) mass is 252 g/mol.